The van der Waals surface area contributed by atoms with E-state index in [1.165, 1.54) is 109 Å². The molecular formula is C79H69B2N3S. The van der Waals surface area contributed by atoms with Crippen LogP contribution in [-0.2, 0) is 16.2 Å². The molecule has 11 aromatic carbocycles. The Kier molecular flexibility index (Phi) is 12.4. The fraction of sp³-hybridized carbons (Fsp3) is 0.165. The van der Waals surface area contributed by atoms with Gasteiger partial charge in [0.1, 0.15) is 0 Å². The summed E-state index contributed by atoms with van der Waals surface area (Å²) < 4.78 is 2.63. The number of thiophene rings is 1. The Bertz CT molecular complexity index is 4500. The minimum absolute atomic E-state index is 0.0506. The van der Waals surface area contributed by atoms with Gasteiger partial charge in [-0.2, -0.15) is 0 Å². The van der Waals surface area contributed by atoms with Crippen LogP contribution in [0.3, 0.4) is 0 Å². The Morgan fingerprint density at radius 3 is 1.46 bits per heavy atom. The topological polar surface area (TPSA) is 9.72 Å². The van der Waals surface area contributed by atoms with Crippen molar-refractivity contribution in [3.8, 4) is 0 Å². The molecule has 0 saturated carbocycles. The van der Waals surface area contributed by atoms with Gasteiger partial charge in [-0.25, -0.2) is 0 Å². The van der Waals surface area contributed by atoms with Crippen LogP contribution in [0, 0.1) is 0 Å². The molecule has 0 bridgehead atoms. The van der Waals surface area contributed by atoms with Gasteiger partial charge in [0.15, 0.2) is 0 Å². The predicted molar refractivity (Wildman–Crippen MR) is 369 cm³/mol. The van der Waals surface area contributed by atoms with Crippen molar-refractivity contribution < 1.29 is 0 Å². The molecule has 3 aliphatic rings. The minimum Gasteiger partial charge on any atom is -0.311 e. The third kappa shape index (κ3) is 8.69. The highest BCUT2D eigenvalue weighted by molar-refractivity contribution is 7.25. The monoisotopic (exact) mass is 1110 g/mol. The average molecular weight is 1110 g/mol. The van der Waals surface area contributed by atoms with E-state index in [0.717, 1.165) is 28.4 Å². The van der Waals surface area contributed by atoms with Gasteiger partial charge >= 0.3 is 0 Å². The number of hydrogen-bond donors (Lipinski definition) is 0. The number of benzene rings is 11. The zero-order valence-corrected chi connectivity index (χ0v) is 51.0. The average Bonchev–Trinajstić information content (AvgIpc) is 1.03. The Morgan fingerprint density at radius 2 is 0.859 bits per heavy atom. The molecule has 0 saturated heterocycles. The van der Waals surface area contributed by atoms with Gasteiger partial charge in [0.05, 0.1) is 0 Å². The Morgan fingerprint density at radius 1 is 0.353 bits per heavy atom. The summed E-state index contributed by atoms with van der Waals surface area (Å²) in [5.74, 6) is -0.0702. The number of hydrogen-bond acceptors (Lipinski definition) is 4. The van der Waals surface area contributed by atoms with Crippen LogP contribution in [0.15, 0.2) is 249 Å². The van der Waals surface area contributed by atoms with Gasteiger partial charge < -0.3 is 14.7 Å². The van der Waals surface area contributed by atoms with Crippen molar-refractivity contribution in [2.75, 3.05) is 14.7 Å². The van der Waals surface area contributed by atoms with Crippen molar-refractivity contribution in [2.24, 2.45) is 0 Å². The quantitative estimate of drug-likeness (QED) is 0.147. The maximum absolute atomic E-state index is 2.69. The normalized spacial score (nSPS) is 14.4. The number of para-hydroxylation sites is 5. The lowest BCUT2D eigenvalue weighted by Crippen LogP contribution is -2.65. The van der Waals surface area contributed by atoms with E-state index in [1.807, 2.05) is 11.3 Å². The van der Waals surface area contributed by atoms with Crippen molar-refractivity contribution in [1.82, 2.24) is 0 Å². The summed E-state index contributed by atoms with van der Waals surface area (Å²) >= 11 is 1.90. The van der Waals surface area contributed by atoms with Crippen LogP contribution in [0.2, 0.25) is 0 Å². The summed E-state index contributed by atoms with van der Waals surface area (Å²) in [6.07, 6.45) is 0. The number of rotatable bonds is 7. The molecule has 1 atom stereocenters. The second-order valence-electron chi connectivity index (χ2n) is 26.9. The molecule has 0 spiro atoms. The fourth-order valence-corrected chi connectivity index (χ4v) is 15.7. The molecule has 412 valence electrons. The fourth-order valence-electron chi connectivity index (χ4n) is 14.6. The van der Waals surface area contributed by atoms with Crippen molar-refractivity contribution in [1.29, 1.82) is 0 Å². The third-order valence-electron chi connectivity index (χ3n) is 18.4. The van der Waals surface area contributed by atoms with Crippen LogP contribution < -0.4 is 47.5 Å². The van der Waals surface area contributed by atoms with Crippen molar-refractivity contribution >= 4 is 129 Å². The highest BCUT2D eigenvalue weighted by Gasteiger charge is 2.48. The van der Waals surface area contributed by atoms with Gasteiger partial charge in [0, 0.05) is 77.3 Å². The van der Waals surface area contributed by atoms with Crippen LogP contribution in [0.5, 0.6) is 0 Å². The summed E-state index contributed by atoms with van der Waals surface area (Å²) in [6, 6.07) is 94.7. The maximum atomic E-state index is 2.69. The lowest BCUT2D eigenvalue weighted by atomic mass is 9.28. The van der Waals surface area contributed by atoms with E-state index >= 15 is 0 Å². The molecule has 0 fully saturated rings. The molecule has 15 rings (SSSR count). The molecule has 12 aromatic rings. The maximum Gasteiger partial charge on any atom is 0.247 e. The Labute approximate surface area is 507 Å². The van der Waals surface area contributed by atoms with Gasteiger partial charge in [-0.15, -0.1) is 11.3 Å². The van der Waals surface area contributed by atoms with Gasteiger partial charge in [-0.05, 0) is 156 Å². The molecule has 1 aromatic heterocycles. The number of fused-ring (bicyclic) bond motifs is 9. The van der Waals surface area contributed by atoms with Crippen LogP contribution >= 0.6 is 11.3 Å². The van der Waals surface area contributed by atoms with Crippen molar-refractivity contribution in [2.45, 2.75) is 84.5 Å². The first-order valence-electron chi connectivity index (χ1n) is 30.3. The first-order chi connectivity index (χ1) is 41.1. The highest BCUT2D eigenvalue weighted by atomic mass is 32.1. The van der Waals surface area contributed by atoms with Crippen LogP contribution in [-0.4, -0.2) is 13.4 Å². The van der Waals surface area contributed by atoms with Crippen LogP contribution in [0.1, 0.15) is 102 Å². The highest BCUT2D eigenvalue weighted by Crippen LogP contribution is 2.50. The first kappa shape index (κ1) is 52.9. The van der Waals surface area contributed by atoms with E-state index in [-0.39, 0.29) is 35.6 Å². The summed E-state index contributed by atoms with van der Waals surface area (Å²) in [4.78, 5) is 7.66. The molecular weight excluding hydrogens is 1040 g/mol. The van der Waals surface area contributed by atoms with Crippen molar-refractivity contribution in [3.05, 3.63) is 282 Å². The molecule has 0 radical (unpaired) electrons. The molecule has 85 heavy (non-hydrogen) atoms. The summed E-state index contributed by atoms with van der Waals surface area (Å²) in [6.45, 7) is 21.5. The van der Waals surface area contributed by atoms with Gasteiger partial charge in [0.25, 0.3) is 0 Å². The number of nitrogens with zero attached hydrogens (tertiary/aromatic N) is 3. The molecule has 3 nitrogen and oxygen atoms in total. The standard InChI is InChI=1S/C79H69B2N3S/c1-77(2,3)52-45-62(78(4,5)6)76(63(46-52)79(7,8)9)81-65-39-25-26-40-68(65)83(55-32-18-12-19-33-55)69-50-70-66(49-67(69)81)80-64-38-24-22-37-60(64)74(51-42-43-59-58-36-23-27-41-72(58)85-73(59)44-51)61-47-57(48-71(75(61)80)84(70)56-34-20-13-21-35-56)82(53-28-14-10-15-29-53)54-30-16-11-17-31-54/h10-50,74H,1-9H3. The first-order valence-corrected chi connectivity index (χ1v) is 31.2. The largest absolute Gasteiger partial charge is 0.311 e. The van der Waals surface area contributed by atoms with Crippen LogP contribution in [0.25, 0.3) is 20.2 Å². The zero-order chi connectivity index (χ0) is 58.1. The van der Waals surface area contributed by atoms with Gasteiger partial charge in [-0.3, -0.25) is 0 Å². The van der Waals surface area contributed by atoms with Gasteiger partial charge in [-0.1, -0.05) is 237 Å². The Hall–Kier alpha value is -8.83. The molecule has 0 N–H and O–H groups in total. The SMILES string of the molecule is CC(C)(C)c1cc(C(C)(C)C)c(B2c3ccccc3N(c3ccccc3)c3cc4c(cc32)B2c3ccccc3C(c3ccc5c(c3)sc3ccccc35)c3cc(N(c5ccccc5)c5ccccc5)cc(c32)N4c2ccccc2)c(C(C)(C)C)c1. The lowest BCUT2D eigenvalue weighted by Gasteiger charge is -2.46. The smallest absolute Gasteiger partial charge is 0.247 e. The van der Waals surface area contributed by atoms with E-state index in [2.05, 4.69) is 326 Å². The summed E-state index contributed by atoms with van der Waals surface area (Å²) in [5.41, 5.74) is 26.3. The molecule has 6 heteroatoms. The van der Waals surface area contributed by atoms with E-state index in [0.29, 0.717) is 0 Å². The molecule has 4 heterocycles. The third-order valence-corrected chi connectivity index (χ3v) is 19.5. The van der Waals surface area contributed by atoms with E-state index in [1.54, 1.807) is 0 Å². The summed E-state index contributed by atoms with van der Waals surface area (Å²) in [7, 11) is 0. The van der Waals surface area contributed by atoms with Crippen LogP contribution in [0.4, 0.5) is 51.2 Å². The van der Waals surface area contributed by atoms with E-state index < -0.39 is 0 Å². The second kappa shape index (κ2) is 19.9. The minimum atomic E-state index is -0.171. The van der Waals surface area contributed by atoms with E-state index in [9.17, 15) is 0 Å². The van der Waals surface area contributed by atoms with Gasteiger partial charge in [0.2, 0.25) is 13.4 Å². The molecule has 3 aliphatic heterocycles. The summed E-state index contributed by atoms with van der Waals surface area (Å²) in [5, 5.41) is 2.63. The second-order valence-corrected chi connectivity index (χ2v) is 27.9. The van der Waals surface area contributed by atoms with Crippen molar-refractivity contribution in [3.63, 3.8) is 0 Å². The molecule has 1 unspecified atom stereocenters. The molecule has 0 aliphatic carbocycles. The zero-order valence-electron chi connectivity index (χ0n) is 50.2. The molecule has 0 amide bonds. The Balaban J connectivity index is 1.08. The number of anilines is 9. The predicted octanol–water partition coefficient (Wildman–Crippen LogP) is 17.5. The lowest BCUT2D eigenvalue weighted by molar-refractivity contribution is 0.553. The van der Waals surface area contributed by atoms with E-state index in [4.69, 9.17) is 0 Å².